The van der Waals surface area contributed by atoms with Gasteiger partial charge in [-0.1, -0.05) is 17.8 Å². The van der Waals surface area contributed by atoms with Crippen molar-refractivity contribution < 1.29 is 47.3 Å². The average Bonchev–Trinajstić information content (AvgIpc) is 2.48. The summed E-state index contributed by atoms with van der Waals surface area (Å²) in [5.74, 6) is -0.129. The summed E-state index contributed by atoms with van der Waals surface area (Å²) in [4.78, 5) is 15.2. The van der Waals surface area contributed by atoms with Gasteiger partial charge in [-0.15, -0.1) is 0 Å². The van der Waals surface area contributed by atoms with E-state index in [1.807, 2.05) is 11.0 Å². The molecule has 4 rings (SSSR count). The predicted molar refractivity (Wildman–Crippen MR) is 79.4 cm³/mol. The number of carbonyl (C=O) groups is 1. The summed E-state index contributed by atoms with van der Waals surface area (Å²) >= 11 is 1.36. The second-order valence-electron chi connectivity index (χ2n) is 4.93. The summed E-state index contributed by atoms with van der Waals surface area (Å²) in [5.41, 5.74) is 2.18. The number of para-hydroxylation sites is 1. The van der Waals surface area contributed by atoms with Crippen molar-refractivity contribution in [3.8, 4) is 0 Å². The van der Waals surface area contributed by atoms with Gasteiger partial charge in [0.1, 0.15) is 10.1 Å². The number of nitrogens with one attached hydrogen (secondary N) is 1. The number of anilines is 2. The van der Waals surface area contributed by atoms with Crippen LogP contribution in [0.4, 0.5) is 11.4 Å². The Bertz CT molecular complexity index is 930. The monoisotopic (exact) mass is 356 g/mol. The Morgan fingerprint density at radius 1 is 1.17 bits per heavy atom. The minimum atomic E-state index is -4.49. The van der Waals surface area contributed by atoms with Crippen LogP contribution in [0.1, 0.15) is 10.4 Å². The topological polar surface area (TPSA) is 89.5 Å². The largest absolute Gasteiger partial charge is 1.00 e. The third-order valence-corrected chi connectivity index (χ3v) is 5.57. The zero-order valence-corrected chi connectivity index (χ0v) is 15.7. The molecule has 2 aromatic carbocycles. The smallest absolute Gasteiger partial charge is 0.744 e. The Morgan fingerprint density at radius 3 is 2.70 bits per heavy atom. The van der Waals surface area contributed by atoms with E-state index in [1.165, 1.54) is 23.9 Å². The quantitative estimate of drug-likeness (QED) is 0.515. The Hall–Kier alpha value is -1.03. The van der Waals surface area contributed by atoms with Crippen LogP contribution in [-0.2, 0) is 10.1 Å². The van der Waals surface area contributed by atoms with Gasteiger partial charge in [0.05, 0.1) is 28.5 Å². The molecule has 0 saturated carbocycles. The Morgan fingerprint density at radius 2 is 1.96 bits per heavy atom. The number of amides is 1. The predicted octanol–water partition coefficient (Wildman–Crippen LogP) is -1.10. The minimum Gasteiger partial charge on any atom is -0.744 e. The fraction of sp³-hybridized carbons (Fsp3) is 0.0714. The van der Waals surface area contributed by atoms with Gasteiger partial charge in [0.15, 0.2) is 0 Å². The molecule has 6 nitrogen and oxygen atoms in total. The van der Waals surface area contributed by atoms with Crippen LogP contribution in [0.2, 0.25) is 0 Å². The second-order valence-corrected chi connectivity index (χ2v) is 7.39. The van der Waals surface area contributed by atoms with Gasteiger partial charge in [0, 0.05) is 9.79 Å². The number of hydrogen-bond acceptors (Lipinski definition) is 6. The Kier molecular flexibility index (Phi) is 4.24. The van der Waals surface area contributed by atoms with Crippen molar-refractivity contribution in [3.05, 3.63) is 42.0 Å². The van der Waals surface area contributed by atoms with E-state index >= 15 is 0 Å². The first kappa shape index (κ1) is 16.8. The van der Waals surface area contributed by atoms with Crippen LogP contribution >= 0.6 is 11.8 Å². The minimum absolute atomic E-state index is 0. The maximum atomic E-state index is 12.0. The van der Waals surface area contributed by atoms with Crippen LogP contribution in [0, 0.1) is 0 Å². The van der Waals surface area contributed by atoms with E-state index in [0.29, 0.717) is 17.1 Å². The SMILES string of the molecule is O=C1NCN2c3ccc(S(=O)(=O)[O-])cc3Sc3cccc1c32.[Na+]. The average molecular weight is 356 g/mol. The molecular weight excluding hydrogens is 347 g/mol. The number of benzene rings is 2. The second kappa shape index (κ2) is 5.80. The molecule has 112 valence electrons. The molecule has 0 unspecified atom stereocenters. The van der Waals surface area contributed by atoms with E-state index in [2.05, 4.69) is 5.32 Å². The van der Waals surface area contributed by atoms with Gasteiger partial charge < -0.3 is 14.8 Å². The van der Waals surface area contributed by atoms with E-state index < -0.39 is 10.1 Å². The summed E-state index contributed by atoms with van der Waals surface area (Å²) in [6.45, 7) is 0.305. The fourth-order valence-corrected chi connectivity index (χ4v) is 4.41. The molecule has 0 saturated heterocycles. The molecule has 0 bridgehead atoms. The van der Waals surface area contributed by atoms with Gasteiger partial charge in [-0.05, 0) is 30.3 Å². The molecular formula is C14H9N2NaO4S2. The molecule has 2 aromatic rings. The van der Waals surface area contributed by atoms with Crippen molar-refractivity contribution in [2.75, 3.05) is 11.6 Å². The molecule has 2 heterocycles. The van der Waals surface area contributed by atoms with Crippen molar-refractivity contribution in [2.45, 2.75) is 14.7 Å². The van der Waals surface area contributed by atoms with Gasteiger partial charge in [-0.25, -0.2) is 8.42 Å². The first-order chi connectivity index (χ1) is 10.4. The van der Waals surface area contributed by atoms with E-state index in [-0.39, 0.29) is 40.4 Å². The summed E-state index contributed by atoms with van der Waals surface area (Å²) in [6, 6.07) is 9.69. The maximum Gasteiger partial charge on any atom is 1.00 e. The first-order valence-electron chi connectivity index (χ1n) is 6.42. The zero-order valence-electron chi connectivity index (χ0n) is 12.1. The molecule has 1 amide bonds. The third kappa shape index (κ3) is 2.69. The van der Waals surface area contributed by atoms with Crippen LogP contribution in [0.25, 0.3) is 0 Å². The van der Waals surface area contributed by atoms with Crippen molar-refractivity contribution >= 4 is 39.2 Å². The molecule has 9 heteroatoms. The van der Waals surface area contributed by atoms with Crippen molar-refractivity contribution in [2.24, 2.45) is 0 Å². The molecule has 23 heavy (non-hydrogen) atoms. The number of rotatable bonds is 1. The number of carbonyl (C=O) groups excluding carboxylic acids is 1. The zero-order chi connectivity index (χ0) is 15.5. The summed E-state index contributed by atoms with van der Waals surface area (Å²) < 4.78 is 33.6. The van der Waals surface area contributed by atoms with Gasteiger partial charge in [-0.3, -0.25) is 4.79 Å². The van der Waals surface area contributed by atoms with Crippen molar-refractivity contribution in [1.82, 2.24) is 5.32 Å². The molecule has 0 atom stereocenters. The molecule has 2 aliphatic heterocycles. The summed E-state index contributed by atoms with van der Waals surface area (Å²) in [6.07, 6.45) is 0. The van der Waals surface area contributed by atoms with Crippen LogP contribution in [-0.4, -0.2) is 25.5 Å². The van der Waals surface area contributed by atoms with E-state index in [4.69, 9.17) is 0 Å². The Labute approximate surface area is 159 Å². The van der Waals surface area contributed by atoms with Gasteiger partial charge in [-0.2, -0.15) is 0 Å². The molecule has 1 N–H and O–H groups in total. The fourth-order valence-electron chi connectivity index (χ4n) is 2.67. The molecule has 0 spiro atoms. The van der Waals surface area contributed by atoms with Crippen molar-refractivity contribution in [1.29, 1.82) is 0 Å². The van der Waals surface area contributed by atoms with E-state index in [9.17, 15) is 17.8 Å². The van der Waals surface area contributed by atoms with Crippen LogP contribution in [0.15, 0.2) is 51.1 Å². The molecule has 0 fully saturated rings. The van der Waals surface area contributed by atoms with Crippen LogP contribution in [0.5, 0.6) is 0 Å². The van der Waals surface area contributed by atoms with Crippen LogP contribution in [0.3, 0.4) is 0 Å². The summed E-state index contributed by atoms with van der Waals surface area (Å²) in [7, 11) is -4.49. The standard InChI is InChI=1S/C14H10N2O4S2.Na/c17-14-9-2-1-3-11-13(9)16(7-15-14)10-5-4-8(22(18,19)20)6-12(10)21-11;/h1-6H,7H2,(H,15,17)(H,18,19,20);/q;+1/p-1. The van der Waals surface area contributed by atoms with Gasteiger partial charge in [0.25, 0.3) is 5.91 Å². The molecule has 0 aromatic heterocycles. The van der Waals surface area contributed by atoms with Gasteiger partial charge in [0.2, 0.25) is 0 Å². The number of nitrogens with zero attached hydrogens (tertiary/aromatic N) is 1. The number of hydrogen-bond donors (Lipinski definition) is 1. The molecule has 0 aliphatic carbocycles. The first-order valence-corrected chi connectivity index (χ1v) is 8.64. The summed E-state index contributed by atoms with van der Waals surface area (Å²) in [5, 5.41) is 2.78. The van der Waals surface area contributed by atoms with E-state index in [1.54, 1.807) is 18.2 Å². The van der Waals surface area contributed by atoms with Crippen molar-refractivity contribution in [3.63, 3.8) is 0 Å². The normalized spacial score (nSPS) is 15.2. The Balaban J connectivity index is 0.00000156. The maximum absolute atomic E-state index is 12.0. The molecule has 2 aliphatic rings. The van der Waals surface area contributed by atoms with Gasteiger partial charge >= 0.3 is 29.6 Å². The molecule has 0 radical (unpaired) electrons. The third-order valence-electron chi connectivity index (χ3n) is 3.64. The van der Waals surface area contributed by atoms with Crippen LogP contribution < -0.4 is 39.8 Å². The number of fused-ring (bicyclic) bond motifs is 2. The van der Waals surface area contributed by atoms with E-state index in [0.717, 1.165) is 16.3 Å².